The summed E-state index contributed by atoms with van der Waals surface area (Å²) < 4.78 is 0. The van der Waals surface area contributed by atoms with Crippen LogP contribution in [0.1, 0.15) is 77.0 Å². The van der Waals surface area contributed by atoms with Crippen LogP contribution in [-0.2, 0) is 0 Å². The maximum atomic E-state index is 6.23. The summed E-state index contributed by atoms with van der Waals surface area (Å²) in [5.41, 5.74) is 7.25. The normalized spacial score (nSPS) is 31.1. The maximum absolute atomic E-state index is 6.23. The van der Waals surface area contributed by atoms with E-state index in [2.05, 4.69) is 5.32 Å². The monoisotopic (exact) mass is 290 g/mol. The molecule has 0 aromatic heterocycles. The van der Waals surface area contributed by atoms with Crippen LogP contribution in [0.4, 0.5) is 0 Å². The van der Waals surface area contributed by atoms with Gasteiger partial charge in [0.2, 0.25) is 0 Å². The Hall–Kier alpha value is -0.0800. The average molecular weight is 290 g/mol. The van der Waals surface area contributed by atoms with E-state index in [1.165, 1.54) is 83.6 Å². The van der Waals surface area contributed by atoms with E-state index in [9.17, 15) is 0 Å². The minimum Gasteiger partial charge on any atom is -0.329 e. The molecule has 4 rings (SSSR count). The van der Waals surface area contributed by atoms with Gasteiger partial charge in [0.05, 0.1) is 0 Å². The predicted molar refractivity (Wildman–Crippen MR) is 88.1 cm³/mol. The van der Waals surface area contributed by atoms with Gasteiger partial charge in [0, 0.05) is 12.1 Å². The lowest BCUT2D eigenvalue weighted by Gasteiger charge is -2.46. The van der Waals surface area contributed by atoms with Crippen LogP contribution < -0.4 is 11.1 Å². The molecule has 0 unspecified atom stereocenters. The van der Waals surface area contributed by atoms with Crippen molar-refractivity contribution < 1.29 is 0 Å². The second-order valence-electron chi connectivity index (χ2n) is 8.91. The molecule has 2 heteroatoms. The quantitative estimate of drug-likeness (QED) is 0.780. The van der Waals surface area contributed by atoms with Crippen LogP contribution in [0.2, 0.25) is 0 Å². The van der Waals surface area contributed by atoms with Gasteiger partial charge in [-0.1, -0.05) is 12.8 Å². The van der Waals surface area contributed by atoms with Gasteiger partial charge in [0.25, 0.3) is 0 Å². The van der Waals surface area contributed by atoms with Crippen molar-refractivity contribution in [3.63, 3.8) is 0 Å². The third kappa shape index (κ3) is 3.03. The Labute approximate surface area is 130 Å². The van der Waals surface area contributed by atoms with Crippen molar-refractivity contribution in [2.75, 3.05) is 13.1 Å². The lowest BCUT2D eigenvalue weighted by Crippen LogP contribution is -2.56. The first kappa shape index (κ1) is 14.5. The first-order chi connectivity index (χ1) is 10.2. The number of hydrogen-bond donors (Lipinski definition) is 2. The molecule has 120 valence electrons. The number of hydrogen-bond acceptors (Lipinski definition) is 2. The molecular weight excluding hydrogens is 256 g/mol. The van der Waals surface area contributed by atoms with Gasteiger partial charge >= 0.3 is 0 Å². The summed E-state index contributed by atoms with van der Waals surface area (Å²) in [7, 11) is 0. The highest BCUT2D eigenvalue weighted by Gasteiger charge is 2.45. The van der Waals surface area contributed by atoms with E-state index in [0.29, 0.717) is 0 Å². The standard InChI is InChI=1S/C19H34N2/c20-14-19(11-9-18(10-12-19)7-1-2-8-18)21-13-17(15-3-4-15)16-5-6-16/h15-17,21H,1-14,20H2. The summed E-state index contributed by atoms with van der Waals surface area (Å²) in [4.78, 5) is 0. The van der Waals surface area contributed by atoms with Crippen LogP contribution in [0.15, 0.2) is 0 Å². The second-order valence-corrected chi connectivity index (χ2v) is 8.91. The molecule has 4 saturated carbocycles. The Kier molecular flexibility index (Phi) is 3.82. The van der Waals surface area contributed by atoms with E-state index in [0.717, 1.165) is 29.7 Å². The van der Waals surface area contributed by atoms with E-state index in [1.807, 2.05) is 0 Å². The highest BCUT2D eigenvalue weighted by molar-refractivity contribution is 5.01. The first-order valence-corrected chi connectivity index (χ1v) is 9.69. The molecule has 0 aromatic carbocycles. The molecule has 0 aromatic rings. The molecule has 0 bridgehead atoms. The molecule has 0 amide bonds. The summed E-state index contributed by atoms with van der Waals surface area (Å²) in [6.07, 6.45) is 17.5. The molecular formula is C19H34N2. The fourth-order valence-electron chi connectivity index (χ4n) is 5.44. The molecule has 4 aliphatic rings. The predicted octanol–water partition coefficient (Wildman–Crippen LogP) is 3.84. The van der Waals surface area contributed by atoms with Crippen LogP contribution in [0, 0.1) is 23.2 Å². The van der Waals surface area contributed by atoms with Gasteiger partial charge in [-0.25, -0.2) is 0 Å². The van der Waals surface area contributed by atoms with Gasteiger partial charge in [-0.05, 0) is 93.9 Å². The SMILES string of the molecule is NCC1(NCC(C2CC2)C2CC2)CCC2(CCCC2)CC1. The molecule has 4 fully saturated rings. The van der Waals surface area contributed by atoms with Gasteiger partial charge < -0.3 is 11.1 Å². The summed E-state index contributed by atoms with van der Waals surface area (Å²) in [6.45, 7) is 2.12. The van der Waals surface area contributed by atoms with Crippen LogP contribution in [0.25, 0.3) is 0 Å². The van der Waals surface area contributed by atoms with E-state index in [1.54, 1.807) is 0 Å². The van der Waals surface area contributed by atoms with Gasteiger partial charge in [-0.15, -0.1) is 0 Å². The highest BCUT2D eigenvalue weighted by Crippen LogP contribution is 2.52. The summed E-state index contributed by atoms with van der Waals surface area (Å²) in [5, 5.41) is 4.01. The molecule has 3 N–H and O–H groups in total. The summed E-state index contributed by atoms with van der Waals surface area (Å²) in [5.74, 6) is 3.10. The van der Waals surface area contributed by atoms with Crippen LogP contribution in [-0.4, -0.2) is 18.6 Å². The van der Waals surface area contributed by atoms with Crippen LogP contribution in [0.3, 0.4) is 0 Å². The third-order valence-electron chi connectivity index (χ3n) is 7.49. The van der Waals surface area contributed by atoms with Gasteiger partial charge in [0.1, 0.15) is 0 Å². The minimum absolute atomic E-state index is 0.288. The van der Waals surface area contributed by atoms with Gasteiger partial charge in [-0.2, -0.15) is 0 Å². The number of rotatable bonds is 6. The van der Waals surface area contributed by atoms with Crippen molar-refractivity contribution in [2.24, 2.45) is 28.9 Å². The summed E-state index contributed by atoms with van der Waals surface area (Å²) in [6, 6.07) is 0. The minimum atomic E-state index is 0.288. The zero-order valence-electron chi connectivity index (χ0n) is 13.7. The van der Waals surface area contributed by atoms with Gasteiger partial charge in [0.15, 0.2) is 0 Å². The van der Waals surface area contributed by atoms with Crippen molar-refractivity contribution in [2.45, 2.75) is 82.6 Å². The third-order valence-corrected chi connectivity index (χ3v) is 7.49. The Morgan fingerprint density at radius 3 is 1.90 bits per heavy atom. The summed E-state index contributed by atoms with van der Waals surface area (Å²) >= 11 is 0. The fraction of sp³-hybridized carbons (Fsp3) is 1.00. The highest BCUT2D eigenvalue weighted by atomic mass is 15.0. The zero-order valence-corrected chi connectivity index (χ0v) is 13.7. The van der Waals surface area contributed by atoms with Crippen molar-refractivity contribution in [3.8, 4) is 0 Å². The average Bonchev–Trinajstić information content (AvgIpc) is 3.44. The molecule has 2 nitrogen and oxygen atoms in total. The fourth-order valence-corrected chi connectivity index (χ4v) is 5.44. The van der Waals surface area contributed by atoms with E-state index in [-0.39, 0.29) is 5.54 Å². The van der Waals surface area contributed by atoms with Crippen molar-refractivity contribution in [1.29, 1.82) is 0 Å². The molecule has 0 atom stereocenters. The van der Waals surface area contributed by atoms with Crippen molar-refractivity contribution in [1.82, 2.24) is 5.32 Å². The zero-order chi connectivity index (χ0) is 14.3. The topological polar surface area (TPSA) is 38.0 Å². The van der Waals surface area contributed by atoms with E-state index >= 15 is 0 Å². The van der Waals surface area contributed by atoms with Crippen molar-refractivity contribution in [3.05, 3.63) is 0 Å². The molecule has 0 heterocycles. The largest absolute Gasteiger partial charge is 0.329 e. The van der Waals surface area contributed by atoms with Gasteiger partial charge in [-0.3, -0.25) is 0 Å². The number of nitrogens with one attached hydrogen (secondary N) is 1. The van der Waals surface area contributed by atoms with Crippen LogP contribution >= 0.6 is 0 Å². The molecule has 4 aliphatic carbocycles. The molecule has 0 aliphatic heterocycles. The number of nitrogens with two attached hydrogens (primary N) is 1. The lowest BCUT2D eigenvalue weighted by atomic mass is 9.66. The molecule has 0 saturated heterocycles. The molecule has 1 spiro atoms. The first-order valence-electron chi connectivity index (χ1n) is 9.69. The van der Waals surface area contributed by atoms with Crippen LogP contribution in [0.5, 0.6) is 0 Å². The smallest absolute Gasteiger partial charge is 0.0304 e. The van der Waals surface area contributed by atoms with Crippen molar-refractivity contribution >= 4 is 0 Å². The van der Waals surface area contributed by atoms with E-state index in [4.69, 9.17) is 5.73 Å². The second kappa shape index (κ2) is 5.53. The Balaban J connectivity index is 1.33. The Bertz CT molecular complexity index is 342. The Morgan fingerprint density at radius 1 is 0.857 bits per heavy atom. The lowest BCUT2D eigenvalue weighted by molar-refractivity contribution is 0.109. The van der Waals surface area contributed by atoms with E-state index < -0.39 is 0 Å². The maximum Gasteiger partial charge on any atom is 0.0304 e. The molecule has 21 heavy (non-hydrogen) atoms. The Morgan fingerprint density at radius 2 is 1.43 bits per heavy atom. The molecule has 0 radical (unpaired) electrons.